The van der Waals surface area contributed by atoms with E-state index in [-0.39, 0.29) is 0 Å². The molecule has 0 fully saturated rings. The van der Waals surface area contributed by atoms with Gasteiger partial charge in [0.05, 0.1) is 0 Å². The van der Waals surface area contributed by atoms with Crippen LogP contribution in [-0.4, -0.2) is 6.54 Å². The minimum absolute atomic E-state index is 1.03. The Balaban J connectivity index is 1.69. The van der Waals surface area contributed by atoms with Crippen molar-refractivity contribution in [2.24, 2.45) is 0 Å². The Morgan fingerprint density at radius 2 is 1.41 bits per heavy atom. The van der Waals surface area contributed by atoms with Gasteiger partial charge in [-0.3, -0.25) is 0 Å². The minimum Gasteiger partial charge on any atom is -0.385 e. The van der Waals surface area contributed by atoms with Crippen LogP contribution in [0.1, 0.15) is 19.8 Å². The highest BCUT2D eigenvalue weighted by atomic mass is 14.9. The second-order valence-corrected chi connectivity index (χ2v) is 7.33. The molecule has 1 N–H and O–H groups in total. The van der Waals surface area contributed by atoms with E-state index in [4.69, 9.17) is 0 Å². The first-order chi connectivity index (χ1) is 13.3. The van der Waals surface area contributed by atoms with Gasteiger partial charge in [0.15, 0.2) is 0 Å². The summed E-state index contributed by atoms with van der Waals surface area (Å²) in [5.41, 5.74) is 3.78. The molecule has 132 valence electrons. The van der Waals surface area contributed by atoms with E-state index in [1.54, 1.807) is 0 Å². The van der Waals surface area contributed by atoms with Gasteiger partial charge in [0.1, 0.15) is 0 Å². The van der Waals surface area contributed by atoms with Crippen molar-refractivity contribution in [1.82, 2.24) is 0 Å². The van der Waals surface area contributed by atoms with Crippen molar-refractivity contribution >= 4 is 38.0 Å². The minimum atomic E-state index is 1.03. The average Bonchev–Trinajstić information content (AvgIpc) is 2.73. The summed E-state index contributed by atoms with van der Waals surface area (Å²) in [5, 5.41) is 11.6. The third kappa shape index (κ3) is 2.71. The van der Waals surface area contributed by atoms with Crippen molar-refractivity contribution in [2.45, 2.75) is 19.8 Å². The van der Waals surface area contributed by atoms with Gasteiger partial charge in [0.2, 0.25) is 0 Å². The maximum absolute atomic E-state index is 3.51. The van der Waals surface area contributed by atoms with Crippen LogP contribution in [0.5, 0.6) is 0 Å². The molecular formula is C26H23N. The third-order valence-corrected chi connectivity index (χ3v) is 5.56. The lowest BCUT2D eigenvalue weighted by Crippen LogP contribution is -2.00. The van der Waals surface area contributed by atoms with E-state index < -0.39 is 0 Å². The van der Waals surface area contributed by atoms with Crippen LogP contribution < -0.4 is 5.32 Å². The van der Waals surface area contributed by atoms with Crippen LogP contribution in [0.15, 0.2) is 78.9 Å². The van der Waals surface area contributed by atoms with Crippen molar-refractivity contribution < 1.29 is 0 Å². The maximum atomic E-state index is 3.51. The molecular weight excluding hydrogens is 326 g/mol. The van der Waals surface area contributed by atoms with E-state index in [1.807, 2.05) is 0 Å². The molecule has 5 rings (SSSR count). The van der Waals surface area contributed by atoms with Crippen LogP contribution >= 0.6 is 0 Å². The van der Waals surface area contributed by atoms with Gasteiger partial charge in [-0.15, -0.1) is 0 Å². The zero-order chi connectivity index (χ0) is 18.2. The number of benzene rings is 5. The Morgan fingerprint density at radius 1 is 0.704 bits per heavy atom. The van der Waals surface area contributed by atoms with Gasteiger partial charge in [-0.25, -0.2) is 0 Å². The molecule has 0 unspecified atom stereocenters. The lowest BCUT2D eigenvalue weighted by molar-refractivity contribution is 0.834. The molecule has 0 aliphatic carbocycles. The van der Waals surface area contributed by atoms with Crippen LogP contribution in [0.2, 0.25) is 0 Å². The van der Waals surface area contributed by atoms with Crippen LogP contribution in [0, 0.1) is 0 Å². The number of hydrogen-bond acceptors (Lipinski definition) is 1. The van der Waals surface area contributed by atoms with Gasteiger partial charge in [-0.1, -0.05) is 74.0 Å². The number of anilines is 1. The summed E-state index contributed by atoms with van der Waals surface area (Å²) in [5.74, 6) is 0. The van der Waals surface area contributed by atoms with E-state index in [1.165, 1.54) is 62.0 Å². The lowest BCUT2D eigenvalue weighted by atomic mass is 9.89. The summed E-state index contributed by atoms with van der Waals surface area (Å²) >= 11 is 0. The topological polar surface area (TPSA) is 12.0 Å². The highest BCUT2D eigenvalue weighted by Crippen LogP contribution is 2.40. The standard InChI is InChI=1S/C26H23N/c1-2-3-16-27-22-14-12-18(13-15-22)24-17-21-8-4-6-19-10-11-20-7-5-9-23(24)26(20)25(19)21/h4-15,17,27H,2-3,16H2,1H3. The number of nitrogens with one attached hydrogen (secondary N) is 1. The smallest absolute Gasteiger partial charge is 0.0340 e. The predicted molar refractivity (Wildman–Crippen MR) is 119 cm³/mol. The van der Waals surface area contributed by atoms with Crippen LogP contribution in [0.25, 0.3) is 43.4 Å². The van der Waals surface area contributed by atoms with Crippen molar-refractivity contribution in [2.75, 3.05) is 11.9 Å². The highest BCUT2D eigenvalue weighted by Gasteiger charge is 2.12. The fraction of sp³-hybridized carbons (Fsp3) is 0.154. The molecule has 1 heteroatoms. The van der Waals surface area contributed by atoms with Crippen molar-refractivity contribution in [3.8, 4) is 11.1 Å². The van der Waals surface area contributed by atoms with Crippen LogP contribution in [0.3, 0.4) is 0 Å². The van der Waals surface area contributed by atoms with Gasteiger partial charge in [-0.2, -0.15) is 0 Å². The van der Waals surface area contributed by atoms with Gasteiger partial charge < -0.3 is 5.32 Å². The molecule has 0 saturated carbocycles. The summed E-state index contributed by atoms with van der Waals surface area (Å²) < 4.78 is 0. The fourth-order valence-corrected chi connectivity index (χ4v) is 4.18. The Labute approximate surface area is 160 Å². The molecule has 0 aliphatic heterocycles. The molecule has 0 saturated heterocycles. The lowest BCUT2D eigenvalue weighted by Gasteiger charge is -2.15. The Bertz CT molecular complexity index is 1220. The monoisotopic (exact) mass is 349 g/mol. The van der Waals surface area contributed by atoms with Crippen molar-refractivity contribution in [3.05, 3.63) is 78.9 Å². The van der Waals surface area contributed by atoms with Gasteiger partial charge in [0.25, 0.3) is 0 Å². The zero-order valence-electron chi connectivity index (χ0n) is 15.6. The molecule has 0 bridgehead atoms. The fourth-order valence-electron chi connectivity index (χ4n) is 4.18. The van der Waals surface area contributed by atoms with E-state index >= 15 is 0 Å². The summed E-state index contributed by atoms with van der Waals surface area (Å²) in [6.45, 7) is 3.26. The van der Waals surface area contributed by atoms with Crippen LogP contribution in [-0.2, 0) is 0 Å². The number of hydrogen-bond donors (Lipinski definition) is 1. The van der Waals surface area contributed by atoms with Gasteiger partial charge in [-0.05, 0) is 68.1 Å². The summed E-state index contributed by atoms with van der Waals surface area (Å²) in [4.78, 5) is 0. The van der Waals surface area contributed by atoms with Gasteiger partial charge in [0, 0.05) is 12.2 Å². The molecule has 5 aromatic rings. The first kappa shape index (κ1) is 16.1. The van der Waals surface area contributed by atoms with E-state index in [0.29, 0.717) is 0 Å². The predicted octanol–water partition coefficient (Wildman–Crippen LogP) is 7.46. The first-order valence-electron chi connectivity index (χ1n) is 9.86. The quantitative estimate of drug-likeness (QED) is 0.256. The molecule has 1 nitrogen and oxygen atoms in total. The first-order valence-corrected chi connectivity index (χ1v) is 9.86. The molecule has 27 heavy (non-hydrogen) atoms. The number of unbranched alkanes of at least 4 members (excludes halogenated alkanes) is 1. The molecule has 0 spiro atoms. The molecule has 0 atom stereocenters. The largest absolute Gasteiger partial charge is 0.385 e. The SMILES string of the molecule is CCCCNc1ccc(-c2cc3cccc4ccc5cccc2c5c43)cc1. The molecule has 5 aromatic carbocycles. The zero-order valence-corrected chi connectivity index (χ0v) is 15.6. The van der Waals surface area contributed by atoms with Crippen molar-refractivity contribution in [1.29, 1.82) is 0 Å². The number of rotatable bonds is 5. The summed E-state index contributed by atoms with van der Waals surface area (Å²) in [6, 6.07) is 29.0. The van der Waals surface area contributed by atoms with Gasteiger partial charge >= 0.3 is 0 Å². The molecule has 0 radical (unpaired) electrons. The second-order valence-electron chi connectivity index (χ2n) is 7.33. The molecule has 0 amide bonds. The molecule has 0 aromatic heterocycles. The molecule has 0 heterocycles. The van der Waals surface area contributed by atoms with Crippen LogP contribution in [0.4, 0.5) is 5.69 Å². The van der Waals surface area contributed by atoms with E-state index in [0.717, 1.165) is 6.54 Å². The summed E-state index contributed by atoms with van der Waals surface area (Å²) in [6.07, 6.45) is 2.42. The van der Waals surface area contributed by atoms with E-state index in [2.05, 4.69) is 91.1 Å². The van der Waals surface area contributed by atoms with Crippen molar-refractivity contribution in [3.63, 3.8) is 0 Å². The highest BCUT2D eigenvalue weighted by molar-refractivity contribution is 6.26. The molecule has 0 aliphatic rings. The normalized spacial score (nSPS) is 11.6. The Hall–Kier alpha value is -3.06. The second kappa shape index (κ2) is 6.59. The average molecular weight is 349 g/mol. The Kier molecular flexibility index (Phi) is 3.94. The Morgan fingerprint density at radius 3 is 2.19 bits per heavy atom. The van der Waals surface area contributed by atoms with E-state index in [9.17, 15) is 0 Å². The summed E-state index contributed by atoms with van der Waals surface area (Å²) in [7, 11) is 0. The third-order valence-electron chi connectivity index (χ3n) is 5.56. The maximum Gasteiger partial charge on any atom is 0.0340 e.